The maximum atomic E-state index is 13.9. The fraction of sp³-hybridized carbons (Fsp3) is 0.304. The van der Waals surface area contributed by atoms with E-state index >= 15 is 0 Å². The van der Waals surface area contributed by atoms with Crippen molar-refractivity contribution in [1.82, 2.24) is 0 Å². The molecule has 2 aromatic rings. The third-order valence-corrected chi connectivity index (χ3v) is 6.11. The first kappa shape index (κ1) is 22.8. The predicted octanol–water partition coefficient (Wildman–Crippen LogP) is 6.41. The van der Waals surface area contributed by atoms with Crippen molar-refractivity contribution in [2.24, 2.45) is 0 Å². The quantitative estimate of drug-likeness (QED) is 0.383. The normalized spacial score (nSPS) is 12.7. The van der Waals surface area contributed by atoms with Gasteiger partial charge in [-0.05, 0) is 24.1 Å². The second-order valence-electron chi connectivity index (χ2n) is 6.50. The summed E-state index contributed by atoms with van der Waals surface area (Å²) in [5.41, 5.74) is -1.37. The first-order valence-corrected chi connectivity index (χ1v) is 10.9. The first-order chi connectivity index (χ1) is 13.8. The fourth-order valence-electron chi connectivity index (χ4n) is 2.79. The van der Waals surface area contributed by atoms with Crippen molar-refractivity contribution in [3.8, 4) is 11.8 Å². The summed E-state index contributed by atoms with van der Waals surface area (Å²) in [5.74, 6) is 4.67. The van der Waals surface area contributed by atoms with Crippen LogP contribution in [0.4, 0.5) is 13.2 Å². The van der Waals surface area contributed by atoms with Crippen molar-refractivity contribution in [2.45, 2.75) is 50.1 Å². The Morgan fingerprint density at radius 3 is 2.03 bits per heavy atom. The minimum atomic E-state index is -4.90. The summed E-state index contributed by atoms with van der Waals surface area (Å²) in [4.78, 5) is -1.01. The third-order valence-electron chi connectivity index (χ3n) is 4.24. The van der Waals surface area contributed by atoms with Crippen LogP contribution in [0.15, 0.2) is 71.1 Å². The van der Waals surface area contributed by atoms with Gasteiger partial charge in [-0.2, -0.15) is 13.2 Å². The molecule has 0 saturated carbocycles. The first-order valence-electron chi connectivity index (χ1n) is 9.44. The number of allylic oxidation sites excluding steroid dienone is 1. The van der Waals surface area contributed by atoms with Gasteiger partial charge in [-0.25, -0.2) is 8.42 Å². The summed E-state index contributed by atoms with van der Waals surface area (Å²) in [6, 6.07) is 14.4. The molecule has 0 saturated heterocycles. The van der Waals surface area contributed by atoms with E-state index in [-0.39, 0.29) is 16.9 Å². The molecule has 0 N–H and O–H groups in total. The van der Waals surface area contributed by atoms with Crippen LogP contribution in [0.1, 0.15) is 44.6 Å². The van der Waals surface area contributed by atoms with Crippen LogP contribution in [-0.4, -0.2) is 14.6 Å². The van der Waals surface area contributed by atoms with Crippen molar-refractivity contribution >= 4 is 14.7 Å². The largest absolute Gasteiger partial charge is 0.425 e. The third kappa shape index (κ3) is 6.23. The lowest BCUT2D eigenvalue weighted by molar-refractivity contribution is -0.0864. The summed E-state index contributed by atoms with van der Waals surface area (Å²) >= 11 is 0. The van der Waals surface area contributed by atoms with Gasteiger partial charge in [0, 0.05) is 6.42 Å². The Morgan fingerprint density at radius 2 is 1.48 bits per heavy atom. The molecule has 0 aliphatic heterocycles. The highest BCUT2D eigenvalue weighted by Gasteiger charge is 2.40. The highest BCUT2D eigenvalue weighted by molar-refractivity contribution is 8.00. The molecule has 0 atom stereocenters. The summed E-state index contributed by atoms with van der Waals surface area (Å²) in [5, 5.41) is 0. The second-order valence-corrected chi connectivity index (χ2v) is 8.38. The Bertz CT molecular complexity index is 981. The number of unbranched alkanes of at least 4 members (excludes halogenated alkanes) is 4. The molecule has 29 heavy (non-hydrogen) atoms. The van der Waals surface area contributed by atoms with Gasteiger partial charge in [0.1, 0.15) is 5.57 Å². The van der Waals surface area contributed by atoms with Crippen molar-refractivity contribution < 1.29 is 21.6 Å². The minimum Gasteiger partial charge on any atom is -0.218 e. The molecule has 0 radical (unpaired) electrons. The molecule has 2 rings (SSSR count). The SMILES string of the molecule is CCCCCCC#C/C(=C(/c1ccccc1)S(=O)(=O)c1ccccc1)C(F)(F)F. The Hall–Kier alpha value is -2.52. The summed E-state index contributed by atoms with van der Waals surface area (Å²) in [7, 11) is -4.43. The smallest absolute Gasteiger partial charge is 0.218 e. The highest BCUT2D eigenvalue weighted by Crippen LogP contribution is 2.38. The van der Waals surface area contributed by atoms with E-state index in [2.05, 4.69) is 11.8 Å². The number of alkyl halides is 3. The molecule has 0 aromatic heterocycles. The minimum absolute atomic E-state index is 0.0380. The van der Waals surface area contributed by atoms with E-state index in [0.29, 0.717) is 6.42 Å². The van der Waals surface area contributed by atoms with Crippen LogP contribution >= 0.6 is 0 Å². The van der Waals surface area contributed by atoms with Crippen LogP contribution in [0, 0.1) is 11.8 Å². The zero-order chi connectivity index (χ0) is 21.3. The molecule has 0 heterocycles. The van der Waals surface area contributed by atoms with Crippen LogP contribution in [0.5, 0.6) is 0 Å². The van der Waals surface area contributed by atoms with E-state index in [1.54, 1.807) is 12.1 Å². The van der Waals surface area contributed by atoms with Gasteiger partial charge in [-0.15, -0.1) is 0 Å². The lowest BCUT2D eigenvalue weighted by Crippen LogP contribution is -2.17. The molecular weight excluding hydrogens is 397 g/mol. The van der Waals surface area contributed by atoms with Crippen molar-refractivity contribution in [3.05, 3.63) is 71.8 Å². The number of halogens is 3. The van der Waals surface area contributed by atoms with E-state index in [1.165, 1.54) is 48.5 Å². The molecule has 6 heteroatoms. The van der Waals surface area contributed by atoms with Gasteiger partial charge in [-0.3, -0.25) is 0 Å². The molecule has 0 bridgehead atoms. The topological polar surface area (TPSA) is 34.1 Å². The van der Waals surface area contributed by atoms with Crippen molar-refractivity contribution in [3.63, 3.8) is 0 Å². The molecule has 0 unspecified atom stereocenters. The molecular formula is C23H23F3O2S. The maximum absolute atomic E-state index is 13.9. The van der Waals surface area contributed by atoms with Crippen LogP contribution in [0.25, 0.3) is 4.91 Å². The van der Waals surface area contributed by atoms with E-state index in [9.17, 15) is 21.6 Å². The van der Waals surface area contributed by atoms with Crippen LogP contribution in [0.2, 0.25) is 0 Å². The van der Waals surface area contributed by atoms with Gasteiger partial charge in [0.05, 0.1) is 9.80 Å². The molecule has 0 aliphatic rings. The number of hydrogen-bond donors (Lipinski definition) is 0. The molecule has 0 aliphatic carbocycles. The lowest BCUT2D eigenvalue weighted by atomic mass is 10.1. The average Bonchev–Trinajstić information content (AvgIpc) is 2.70. The Morgan fingerprint density at radius 1 is 0.897 bits per heavy atom. The van der Waals surface area contributed by atoms with Gasteiger partial charge in [0.2, 0.25) is 9.84 Å². The van der Waals surface area contributed by atoms with Crippen molar-refractivity contribution in [2.75, 3.05) is 0 Å². The molecule has 154 valence electrons. The lowest BCUT2D eigenvalue weighted by Gasteiger charge is -2.15. The molecule has 2 aromatic carbocycles. The molecule has 0 amide bonds. The zero-order valence-electron chi connectivity index (χ0n) is 16.2. The van der Waals surface area contributed by atoms with E-state index < -0.39 is 26.5 Å². The Balaban J connectivity index is 2.64. The van der Waals surface area contributed by atoms with Gasteiger partial charge in [0.15, 0.2) is 0 Å². The second kappa shape index (κ2) is 10.3. The van der Waals surface area contributed by atoms with E-state index in [0.717, 1.165) is 19.3 Å². The zero-order valence-corrected chi connectivity index (χ0v) is 17.0. The molecule has 0 fully saturated rings. The Labute approximate surface area is 170 Å². The maximum Gasteiger partial charge on any atom is 0.425 e. The van der Waals surface area contributed by atoms with Crippen LogP contribution < -0.4 is 0 Å². The van der Waals surface area contributed by atoms with Gasteiger partial charge in [-0.1, -0.05) is 86.6 Å². The van der Waals surface area contributed by atoms with Gasteiger partial charge in [0.25, 0.3) is 0 Å². The van der Waals surface area contributed by atoms with Crippen LogP contribution in [-0.2, 0) is 9.84 Å². The fourth-order valence-corrected chi connectivity index (χ4v) is 4.42. The molecule has 0 spiro atoms. The van der Waals surface area contributed by atoms with Gasteiger partial charge < -0.3 is 0 Å². The Kier molecular flexibility index (Phi) is 8.10. The van der Waals surface area contributed by atoms with E-state index in [1.807, 2.05) is 6.92 Å². The molecule has 2 nitrogen and oxygen atoms in total. The summed E-state index contributed by atoms with van der Waals surface area (Å²) in [6.07, 6.45) is -1.06. The highest BCUT2D eigenvalue weighted by atomic mass is 32.2. The number of sulfone groups is 1. The number of hydrogen-bond acceptors (Lipinski definition) is 2. The average molecular weight is 420 g/mol. The summed E-state index contributed by atoms with van der Waals surface area (Å²) in [6.45, 7) is 2.04. The predicted molar refractivity (Wildman–Crippen MR) is 110 cm³/mol. The number of rotatable bonds is 7. The van der Waals surface area contributed by atoms with Crippen molar-refractivity contribution in [1.29, 1.82) is 0 Å². The van der Waals surface area contributed by atoms with Gasteiger partial charge >= 0.3 is 6.18 Å². The van der Waals surface area contributed by atoms with Crippen LogP contribution in [0.3, 0.4) is 0 Å². The summed E-state index contributed by atoms with van der Waals surface area (Å²) < 4.78 is 68.1. The monoisotopic (exact) mass is 420 g/mol. The number of benzene rings is 2. The standard InChI is InChI=1S/C23H23F3O2S/c1-2-3-4-5-6-13-18-21(23(24,25)26)22(19-14-9-7-10-15-19)29(27,28)20-16-11-8-12-17-20/h7-12,14-17H,2-6H2,1H3/b22-21+. The van der Waals surface area contributed by atoms with E-state index in [4.69, 9.17) is 0 Å².